The van der Waals surface area contributed by atoms with Gasteiger partial charge in [-0.2, -0.15) is 0 Å². The van der Waals surface area contributed by atoms with Crippen LogP contribution in [0, 0.1) is 0 Å². The topological polar surface area (TPSA) is 27.7 Å². The van der Waals surface area contributed by atoms with Gasteiger partial charge in [-0.1, -0.05) is 12.8 Å². The Morgan fingerprint density at radius 1 is 0.833 bits per heavy atom. The Balaban J connectivity index is 0.000000180. The maximum atomic E-state index is 5.01. The summed E-state index contributed by atoms with van der Waals surface area (Å²) in [5.74, 6) is 0. The maximum absolute atomic E-state index is 5.01. The normalized spacial score (nSPS) is 22.3. The van der Waals surface area contributed by atoms with Gasteiger partial charge < -0.3 is 10.1 Å². The van der Waals surface area contributed by atoms with Crippen LogP contribution in [0.3, 0.4) is 0 Å². The average Bonchev–Trinajstić information content (AvgIpc) is 2.43. The molecule has 108 valence electrons. The summed E-state index contributed by atoms with van der Waals surface area (Å²) in [4.78, 5) is 4.81. The summed E-state index contributed by atoms with van der Waals surface area (Å²) in [7, 11) is 3.77. The van der Waals surface area contributed by atoms with Gasteiger partial charge in [0.05, 0.1) is 6.73 Å². The van der Waals surface area contributed by atoms with Crippen LogP contribution < -0.4 is 5.32 Å². The van der Waals surface area contributed by atoms with Gasteiger partial charge in [-0.3, -0.25) is 9.80 Å². The first kappa shape index (κ1) is 15.9. The van der Waals surface area contributed by atoms with E-state index >= 15 is 0 Å². The SMILES string of the molecule is CNCN1CCCCC1.COCN1CCCCC1. The lowest BCUT2D eigenvalue weighted by Crippen LogP contribution is -2.36. The highest BCUT2D eigenvalue weighted by atomic mass is 16.5. The highest BCUT2D eigenvalue weighted by Crippen LogP contribution is 2.07. The Kier molecular flexibility index (Phi) is 9.48. The van der Waals surface area contributed by atoms with Gasteiger partial charge in [-0.05, 0) is 45.8 Å². The number of nitrogens with one attached hydrogen (secondary N) is 1. The first-order valence-electron chi connectivity index (χ1n) is 7.45. The molecule has 0 aromatic rings. The highest BCUT2D eigenvalue weighted by molar-refractivity contribution is 4.62. The van der Waals surface area contributed by atoms with Crippen molar-refractivity contribution in [3.63, 3.8) is 0 Å². The zero-order valence-electron chi connectivity index (χ0n) is 12.3. The molecule has 2 aliphatic heterocycles. The van der Waals surface area contributed by atoms with Crippen LogP contribution in [0.5, 0.6) is 0 Å². The van der Waals surface area contributed by atoms with Crippen LogP contribution in [0.4, 0.5) is 0 Å². The Morgan fingerprint density at radius 2 is 1.33 bits per heavy atom. The fraction of sp³-hybridized carbons (Fsp3) is 1.00. The number of hydrogen-bond donors (Lipinski definition) is 1. The van der Waals surface area contributed by atoms with E-state index in [0.29, 0.717) is 0 Å². The second-order valence-electron chi connectivity index (χ2n) is 5.29. The molecular weight excluding hydrogens is 226 g/mol. The minimum Gasteiger partial charge on any atom is -0.369 e. The van der Waals surface area contributed by atoms with Crippen molar-refractivity contribution in [1.82, 2.24) is 15.1 Å². The van der Waals surface area contributed by atoms with Crippen LogP contribution in [-0.4, -0.2) is 63.5 Å². The predicted molar refractivity (Wildman–Crippen MR) is 76.7 cm³/mol. The Hall–Kier alpha value is -0.160. The first-order chi connectivity index (χ1) is 8.86. The zero-order chi connectivity index (χ0) is 13.1. The molecule has 0 atom stereocenters. The second-order valence-corrected chi connectivity index (χ2v) is 5.29. The summed E-state index contributed by atoms with van der Waals surface area (Å²) < 4.78 is 5.01. The van der Waals surface area contributed by atoms with E-state index in [1.807, 2.05) is 7.05 Å². The van der Waals surface area contributed by atoms with Gasteiger partial charge in [0, 0.05) is 26.9 Å². The molecular formula is C14H31N3O. The largest absolute Gasteiger partial charge is 0.369 e. The van der Waals surface area contributed by atoms with E-state index < -0.39 is 0 Å². The number of rotatable bonds is 4. The summed E-state index contributed by atoms with van der Waals surface area (Å²) >= 11 is 0. The van der Waals surface area contributed by atoms with Crippen molar-refractivity contribution in [2.24, 2.45) is 0 Å². The Labute approximate surface area is 113 Å². The van der Waals surface area contributed by atoms with Crippen molar-refractivity contribution in [1.29, 1.82) is 0 Å². The molecule has 18 heavy (non-hydrogen) atoms. The van der Waals surface area contributed by atoms with Crippen LogP contribution in [0.1, 0.15) is 38.5 Å². The molecule has 0 spiro atoms. The molecule has 0 saturated carbocycles. The van der Waals surface area contributed by atoms with Gasteiger partial charge in [0.25, 0.3) is 0 Å². The van der Waals surface area contributed by atoms with Gasteiger partial charge >= 0.3 is 0 Å². The molecule has 0 aliphatic carbocycles. The molecule has 2 heterocycles. The summed E-state index contributed by atoms with van der Waals surface area (Å²) in [5.41, 5.74) is 0. The standard InChI is InChI=1S/C7H16N2.C7H15NO/c1-8-7-9-5-3-2-4-6-9;1-9-7-8-5-3-2-4-6-8/h8H,2-7H2,1H3;2-7H2,1H3. The van der Waals surface area contributed by atoms with Crippen molar-refractivity contribution in [3.8, 4) is 0 Å². The Morgan fingerprint density at radius 3 is 1.78 bits per heavy atom. The zero-order valence-corrected chi connectivity index (χ0v) is 12.3. The summed E-state index contributed by atoms with van der Waals surface area (Å²) in [5, 5.41) is 3.16. The van der Waals surface area contributed by atoms with Gasteiger partial charge in [-0.25, -0.2) is 0 Å². The lowest BCUT2D eigenvalue weighted by Gasteiger charge is -2.25. The minimum atomic E-state index is 0.819. The van der Waals surface area contributed by atoms with E-state index in [1.54, 1.807) is 7.11 Å². The van der Waals surface area contributed by atoms with E-state index in [4.69, 9.17) is 4.74 Å². The van der Waals surface area contributed by atoms with E-state index in [9.17, 15) is 0 Å². The Bertz CT molecular complexity index is 152. The molecule has 0 unspecified atom stereocenters. The van der Waals surface area contributed by atoms with Crippen molar-refractivity contribution < 1.29 is 4.74 Å². The van der Waals surface area contributed by atoms with E-state index in [1.165, 1.54) is 64.7 Å². The van der Waals surface area contributed by atoms with Gasteiger partial charge in [0.1, 0.15) is 0 Å². The number of hydrogen-bond acceptors (Lipinski definition) is 4. The molecule has 2 rings (SSSR count). The molecule has 4 heteroatoms. The highest BCUT2D eigenvalue weighted by Gasteiger charge is 2.08. The van der Waals surface area contributed by atoms with Crippen LogP contribution in [0.25, 0.3) is 0 Å². The van der Waals surface area contributed by atoms with E-state index in [-0.39, 0.29) is 0 Å². The summed E-state index contributed by atoms with van der Waals surface area (Å²) in [6, 6.07) is 0. The number of likely N-dealkylation sites (tertiary alicyclic amines) is 2. The fourth-order valence-corrected chi connectivity index (χ4v) is 2.61. The molecule has 1 N–H and O–H groups in total. The van der Waals surface area contributed by atoms with Crippen LogP contribution >= 0.6 is 0 Å². The average molecular weight is 257 g/mol. The number of methoxy groups -OCH3 is 1. The molecule has 0 aromatic carbocycles. The minimum absolute atomic E-state index is 0.819. The molecule has 2 saturated heterocycles. The molecule has 0 radical (unpaired) electrons. The van der Waals surface area contributed by atoms with E-state index in [0.717, 1.165) is 13.4 Å². The second kappa shape index (κ2) is 10.7. The van der Waals surface area contributed by atoms with Crippen molar-refractivity contribution in [3.05, 3.63) is 0 Å². The van der Waals surface area contributed by atoms with Crippen LogP contribution in [-0.2, 0) is 4.74 Å². The third kappa shape index (κ3) is 7.31. The van der Waals surface area contributed by atoms with Gasteiger partial charge in [0.15, 0.2) is 0 Å². The molecule has 4 nitrogen and oxygen atoms in total. The smallest absolute Gasteiger partial charge is 0.0986 e. The third-order valence-electron chi connectivity index (χ3n) is 3.59. The monoisotopic (exact) mass is 257 g/mol. The van der Waals surface area contributed by atoms with Crippen molar-refractivity contribution in [2.45, 2.75) is 38.5 Å². The van der Waals surface area contributed by atoms with Crippen LogP contribution in [0.15, 0.2) is 0 Å². The van der Waals surface area contributed by atoms with Crippen molar-refractivity contribution in [2.75, 3.05) is 53.7 Å². The third-order valence-corrected chi connectivity index (χ3v) is 3.59. The predicted octanol–water partition coefficient (Wildman–Crippen LogP) is 1.73. The van der Waals surface area contributed by atoms with Gasteiger partial charge in [0.2, 0.25) is 0 Å². The van der Waals surface area contributed by atoms with Gasteiger partial charge in [-0.15, -0.1) is 0 Å². The molecule has 2 fully saturated rings. The fourth-order valence-electron chi connectivity index (χ4n) is 2.61. The molecule has 0 amide bonds. The summed E-state index contributed by atoms with van der Waals surface area (Å²) in [6.45, 7) is 6.93. The molecule has 0 bridgehead atoms. The number of piperidine rings is 2. The van der Waals surface area contributed by atoms with Crippen LogP contribution in [0.2, 0.25) is 0 Å². The lowest BCUT2D eigenvalue weighted by atomic mass is 10.1. The number of ether oxygens (including phenoxy) is 1. The quantitative estimate of drug-likeness (QED) is 0.830. The van der Waals surface area contributed by atoms with Crippen molar-refractivity contribution >= 4 is 0 Å². The lowest BCUT2D eigenvalue weighted by molar-refractivity contribution is 0.0507. The van der Waals surface area contributed by atoms with E-state index in [2.05, 4.69) is 15.1 Å². The number of nitrogens with zero attached hydrogens (tertiary/aromatic N) is 2. The summed E-state index contributed by atoms with van der Waals surface area (Å²) in [6.07, 6.45) is 8.32. The first-order valence-corrected chi connectivity index (χ1v) is 7.45. The maximum Gasteiger partial charge on any atom is 0.0986 e. The molecule has 2 aliphatic rings. The molecule has 0 aromatic heterocycles.